The molecule has 1 saturated heterocycles. The lowest BCUT2D eigenvalue weighted by atomic mass is 10.2. The van der Waals surface area contributed by atoms with Crippen LogP contribution in [0.5, 0.6) is 0 Å². The summed E-state index contributed by atoms with van der Waals surface area (Å²) in [5.74, 6) is -0.0637. The van der Waals surface area contributed by atoms with Crippen LogP contribution in [-0.2, 0) is 11.8 Å². The molecular formula is C16H21ClN4O2. The first-order valence-electron chi connectivity index (χ1n) is 7.85. The summed E-state index contributed by atoms with van der Waals surface area (Å²) in [6, 6.07) is 5.43. The predicted molar refractivity (Wildman–Crippen MR) is 89.9 cm³/mol. The first kappa shape index (κ1) is 16.2. The van der Waals surface area contributed by atoms with Gasteiger partial charge in [0.2, 0.25) is 5.28 Å². The van der Waals surface area contributed by atoms with Gasteiger partial charge >= 0.3 is 0 Å². The molecule has 1 aliphatic rings. The summed E-state index contributed by atoms with van der Waals surface area (Å²) in [7, 11) is 1.84. The molecule has 0 unspecified atom stereocenters. The van der Waals surface area contributed by atoms with E-state index in [4.69, 9.17) is 16.3 Å². The number of aromatic nitrogens is 2. The van der Waals surface area contributed by atoms with E-state index in [9.17, 15) is 4.79 Å². The summed E-state index contributed by atoms with van der Waals surface area (Å²) in [6.07, 6.45) is 0.936. The van der Waals surface area contributed by atoms with Gasteiger partial charge < -0.3 is 14.6 Å². The molecular weight excluding hydrogens is 316 g/mol. The molecule has 1 amide bonds. The van der Waals surface area contributed by atoms with Crippen LogP contribution in [0.3, 0.4) is 0 Å². The highest BCUT2D eigenvalue weighted by Crippen LogP contribution is 2.19. The van der Waals surface area contributed by atoms with E-state index in [2.05, 4.69) is 15.2 Å². The number of hydrogen-bond acceptors (Lipinski definition) is 4. The van der Waals surface area contributed by atoms with Crippen molar-refractivity contribution >= 4 is 28.5 Å². The van der Waals surface area contributed by atoms with Crippen LogP contribution in [0.2, 0.25) is 5.28 Å². The molecule has 0 atom stereocenters. The van der Waals surface area contributed by atoms with Crippen molar-refractivity contribution in [3.63, 3.8) is 0 Å². The van der Waals surface area contributed by atoms with Crippen LogP contribution in [0.4, 0.5) is 0 Å². The molecule has 3 rings (SSSR count). The van der Waals surface area contributed by atoms with Crippen molar-refractivity contribution in [1.29, 1.82) is 0 Å². The Kier molecular flexibility index (Phi) is 5.15. The summed E-state index contributed by atoms with van der Waals surface area (Å²) >= 11 is 6.00. The number of carbonyl (C=O) groups is 1. The number of hydrogen-bond donors (Lipinski definition) is 1. The quantitative estimate of drug-likeness (QED) is 0.844. The van der Waals surface area contributed by atoms with Gasteiger partial charge in [-0.05, 0) is 42.8 Å². The molecule has 23 heavy (non-hydrogen) atoms. The van der Waals surface area contributed by atoms with Gasteiger partial charge in [0.15, 0.2) is 0 Å². The first-order chi connectivity index (χ1) is 11.1. The third-order valence-electron chi connectivity index (χ3n) is 4.13. The number of nitrogens with zero attached hydrogens (tertiary/aromatic N) is 3. The number of fused-ring (bicyclic) bond motifs is 1. The summed E-state index contributed by atoms with van der Waals surface area (Å²) in [4.78, 5) is 18.8. The monoisotopic (exact) mass is 336 g/mol. The highest BCUT2D eigenvalue weighted by atomic mass is 35.5. The topological polar surface area (TPSA) is 59.4 Å². The van der Waals surface area contributed by atoms with E-state index in [1.54, 1.807) is 10.6 Å². The molecule has 6 nitrogen and oxygen atoms in total. The lowest BCUT2D eigenvalue weighted by Crippen LogP contribution is -2.38. The number of benzene rings is 1. The SMILES string of the molecule is Cn1c(Cl)nc2ccc(C(=O)NCCCN3CCOCC3)cc21. The second-order valence-corrected chi connectivity index (χ2v) is 6.04. The fraction of sp³-hybridized carbons (Fsp3) is 0.500. The lowest BCUT2D eigenvalue weighted by molar-refractivity contribution is 0.0374. The van der Waals surface area contributed by atoms with Gasteiger partial charge in [-0.1, -0.05) is 0 Å². The van der Waals surface area contributed by atoms with Gasteiger partial charge in [0, 0.05) is 32.2 Å². The average Bonchev–Trinajstić information content (AvgIpc) is 2.86. The molecule has 1 aromatic carbocycles. The van der Waals surface area contributed by atoms with Crippen molar-refractivity contribution in [2.24, 2.45) is 7.05 Å². The molecule has 1 fully saturated rings. The number of carbonyl (C=O) groups excluding carboxylic acids is 1. The van der Waals surface area contributed by atoms with Crippen molar-refractivity contribution in [3.05, 3.63) is 29.0 Å². The van der Waals surface area contributed by atoms with Crippen LogP contribution in [0, 0.1) is 0 Å². The highest BCUT2D eigenvalue weighted by Gasteiger charge is 2.12. The van der Waals surface area contributed by atoms with Crippen LogP contribution in [-0.4, -0.2) is 59.8 Å². The van der Waals surface area contributed by atoms with Crippen molar-refractivity contribution in [3.8, 4) is 0 Å². The lowest BCUT2D eigenvalue weighted by Gasteiger charge is -2.26. The fourth-order valence-corrected chi connectivity index (χ4v) is 2.92. The second kappa shape index (κ2) is 7.29. The van der Waals surface area contributed by atoms with Crippen LogP contribution in [0.1, 0.15) is 16.8 Å². The number of halogens is 1. The van der Waals surface area contributed by atoms with Crippen LogP contribution in [0.25, 0.3) is 11.0 Å². The van der Waals surface area contributed by atoms with Gasteiger partial charge in [0.25, 0.3) is 5.91 Å². The Morgan fingerprint density at radius 3 is 2.96 bits per heavy atom. The van der Waals surface area contributed by atoms with Crippen molar-refractivity contribution in [2.45, 2.75) is 6.42 Å². The molecule has 124 valence electrons. The third kappa shape index (κ3) is 3.83. The van der Waals surface area contributed by atoms with Gasteiger partial charge in [0.05, 0.1) is 24.2 Å². The molecule has 0 radical (unpaired) electrons. The van der Waals surface area contributed by atoms with E-state index < -0.39 is 0 Å². The zero-order chi connectivity index (χ0) is 16.2. The van der Waals surface area contributed by atoms with E-state index in [0.29, 0.717) is 17.4 Å². The minimum atomic E-state index is -0.0637. The van der Waals surface area contributed by atoms with Gasteiger partial charge in [-0.2, -0.15) is 0 Å². The average molecular weight is 337 g/mol. The van der Waals surface area contributed by atoms with E-state index in [1.807, 2.05) is 19.2 Å². The standard InChI is InChI=1S/C16H21ClN4O2/c1-20-14-11-12(3-4-13(14)19-16(20)17)15(22)18-5-2-6-21-7-9-23-10-8-21/h3-4,11H,2,5-10H2,1H3,(H,18,22). The molecule has 2 aromatic rings. The Labute approximate surface area is 140 Å². The number of amides is 1. The molecule has 2 heterocycles. The Morgan fingerprint density at radius 2 is 2.17 bits per heavy atom. The Hall–Kier alpha value is -1.63. The van der Waals surface area contributed by atoms with Crippen LogP contribution in [0.15, 0.2) is 18.2 Å². The molecule has 0 aliphatic carbocycles. The Morgan fingerprint density at radius 1 is 1.39 bits per heavy atom. The van der Waals surface area contributed by atoms with Crippen molar-refractivity contribution in [2.75, 3.05) is 39.4 Å². The molecule has 0 saturated carbocycles. The Balaban J connectivity index is 1.52. The second-order valence-electron chi connectivity index (χ2n) is 5.71. The summed E-state index contributed by atoms with van der Waals surface area (Å²) < 4.78 is 7.09. The minimum Gasteiger partial charge on any atom is -0.379 e. The predicted octanol–water partition coefficient (Wildman–Crippen LogP) is 1.68. The molecule has 0 bridgehead atoms. The third-order valence-corrected chi connectivity index (χ3v) is 4.47. The maximum atomic E-state index is 12.3. The first-order valence-corrected chi connectivity index (χ1v) is 8.23. The number of rotatable bonds is 5. The van der Waals surface area contributed by atoms with E-state index in [-0.39, 0.29) is 5.91 Å². The van der Waals surface area contributed by atoms with E-state index in [1.165, 1.54) is 0 Å². The van der Waals surface area contributed by atoms with Crippen LogP contribution >= 0.6 is 11.6 Å². The van der Waals surface area contributed by atoms with Gasteiger partial charge in [-0.3, -0.25) is 9.69 Å². The van der Waals surface area contributed by atoms with E-state index >= 15 is 0 Å². The molecule has 1 aromatic heterocycles. The van der Waals surface area contributed by atoms with E-state index in [0.717, 1.165) is 50.3 Å². The molecule has 7 heteroatoms. The van der Waals surface area contributed by atoms with Crippen molar-refractivity contribution in [1.82, 2.24) is 19.8 Å². The number of nitrogens with one attached hydrogen (secondary N) is 1. The maximum Gasteiger partial charge on any atom is 0.251 e. The number of morpholine rings is 1. The fourth-order valence-electron chi connectivity index (χ4n) is 2.73. The number of aryl methyl sites for hydroxylation is 1. The Bertz CT molecular complexity index is 695. The van der Waals surface area contributed by atoms with Crippen LogP contribution < -0.4 is 5.32 Å². The summed E-state index contributed by atoms with van der Waals surface area (Å²) in [6.45, 7) is 5.22. The minimum absolute atomic E-state index is 0.0637. The molecule has 0 spiro atoms. The largest absolute Gasteiger partial charge is 0.379 e. The number of imidazole rings is 1. The van der Waals surface area contributed by atoms with Crippen molar-refractivity contribution < 1.29 is 9.53 Å². The van der Waals surface area contributed by atoms with Gasteiger partial charge in [0.1, 0.15) is 0 Å². The smallest absolute Gasteiger partial charge is 0.251 e. The molecule has 1 N–H and O–H groups in total. The summed E-state index contributed by atoms with van der Waals surface area (Å²) in [5.41, 5.74) is 2.28. The zero-order valence-corrected chi connectivity index (χ0v) is 14.0. The highest BCUT2D eigenvalue weighted by molar-refractivity contribution is 6.29. The zero-order valence-electron chi connectivity index (χ0n) is 13.2. The van der Waals surface area contributed by atoms with Gasteiger partial charge in [-0.15, -0.1) is 0 Å². The normalized spacial score (nSPS) is 15.9. The molecule has 1 aliphatic heterocycles. The summed E-state index contributed by atoms with van der Waals surface area (Å²) in [5, 5.41) is 3.39. The maximum absolute atomic E-state index is 12.3. The number of ether oxygens (including phenoxy) is 1. The van der Waals surface area contributed by atoms with Gasteiger partial charge in [-0.25, -0.2) is 4.98 Å².